The highest BCUT2D eigenvalue weighted by Gasteiger charge is 2.13. The zero-order chi connectivity index (χ0) is 18.9. The molecule has 0 aliphatic heterocycles. The van der Waals surface area contributed by atoms with Gasteiger partial charge >= 0.3 is 0 Å². The van der Waals surface area contributed by atoms with Gasteiger partial charge in [0.15, 0.2) is 0 Å². The quantitative estimate of drug-likeness (QED) is 0.410. The van der Waals surface area contributed by atoms with Gasteiger partial charge in [0, 0.05) is 11.4 Å². The molecule has 1 N–H and O–H groups in total. The zero-order valence-electron chi connectivity index (χ0n) is 15.5. The van der Waals surface area contributed by atoms with E-state index in [0.29, 0.717) is 0 Å². The monoisotopic (exact) mass is 365 g/mol. The van der Waals surface area contributed by atoms with Crippen molar-refractivity contribution in [1.82, 2.24) is 0 Å². The fourth-order valence-corrected chi connectivity index (χ4v) is 3.71. The highest BCUT2D eigenvalue weighted by atomic mass is 19.1. The van der Waals surface area contributed by atoms with Crippen molar-refractivity contribution in [3.63, 3.8) is 0 Å². The van der Waals surface area contributed by atoms with Gasteiger partial charge in [-0.25, -0.2) is 4.39 Å². The maximum absolute atomic E-state index is 13.1. The van der Waals surface area contributed by atoms with E-state index in [1.54, 1.807) is 12.1 Å². The third kappa shape index (κ3) is 3.29. The molecule has 136 valence electrons. The lowest BCUT2D eigenvalue weighted by Gasteiger charge is -2.19. The van der Waals surface area contributed by atoms with Gasteiger partial charge in [-0.2, -0.15) is 0 Å². The molecule has 0 saturated carbocycles. The molecule has 0 heterocycles. The second kappa shape index (κ2) is 6.97. The minimum Gasteiger partial charge on any atom is -0.356 e. The van der Waals surface area contributed by atoms with Crippen LogP contribution in [0.25, 0.3) is 22.3 Å². The van der Waals surface area contributed by atoms with Gasteiger partial charge in [-0.3, -0.25) is 0 Å². The summed E-state index contributed by atoms with van der Waals surface area (Å²) in [6.07, 6.45) is 2.41. The first-order valence-electron chi connectivity index (χ1n) is 9.60. The van der Waals surface area contributed by atoms with Crippen LogP contribution in [0.3, 0.4) is 0 Å². The van der Waals surface area contributed by atoms with E-state index in [0.717, 1.165) is 22.5 Å². The van der Waals surface area contributed by atoms with Gasteiger partial charge in [-0.1, -0.05) is 54.6 Å². The summed E-state index contributed by atoms with van der Waals surface area (Å²) >= 11 is 0. The molecular weight excluding hydrogens is 345 g/mol. The molecular formula is C26H20FN. The van der Waals surface area contributed by atoms with Crippen molar-refractivity contribution < 1.29 is 4.39 Å². The van der Waals surface area contributed by atoms with Crippen molar-refractivity contribution in [1.29, 1.82) is 0 Å². The molecule has 4 aromatic rings. The van der Waals surface area contributed by atoms with Crippen LogP contribution in [0.2, 0.25) is 0 Å². The van der Waals surface area contributed by atoms with Crippen LogP contribution in [0.1, 0.15) is 11.1 Å². The average molecular weight is 365 g/mol. The third-order valence-electron chi connectivity index (χ3n) is 5.42. The predicted molar refractivity (Wildman–Crippen MR) is 114 cm³/mol. The Morgan fingerprint density at radius 2 is 1.18 bits per heavy atom. The van der Waals surface area contributed by atoms with Crippen LogP contribution in [0, 0.1) is 5.82 Å². The lowest BCUT2D eigenvalue weighted by atomic mass is 9.86. The maximum atomic E-state index is 13.1. The van der Waals surface area contributed by atoms with E-state index >= 15 is 0 Å². The summed E-state index contributed by atoms with van der Waals surface area (Å²) in [4.78, 5) is 0. The van der Waals surface area contributed by atoms with Gasteiger partial charge in [0.05, 0.1) is 0 Å². The first-order valence-corrected chi connectivity index (χ1v) is 9.60. The Labute approximate surface area is 164 Å². The summed E-state index contributed by atoms with van der Waals surface area (Å²) in [6.45, 7) is 0. The smallest absolute Gasteiger partial charge is 0.123 e. The van der Waals surface area contributed by atoms with Crippen LogP contribution in [-0.4, -0.2) is 0 Å². The van der Waals surface area contributed by atoms with Gasteiger partial charge in [0.1, 0.15) is 5.82 Å². The molecule has 1 nitrogen and oxygen atoms in total. The molecule has 0 unspecified atom stereocenters. The molecule has 0 saturated heterocycles. The SMILES string of the molecule is Fc1ccc(-c2ccc(Nc3cccc(-c4ccc5c(c4)CC5)c3)cc2)cc1. The second-order valence-electron chi connectivity index (χ2n) is 7.27. The molecule has 0 aromatic heterocycles. The maximum Gasteiger partial charge on any atom is 0.123 e. The Hall–Kier alpha value is -3.39. The molecule has 28 heavy (non-hydrogen) atoms. The first-order chi connectivity index (χ1) is 13.7. The number of anilines is 2. The number of aryl methyl sites for hydroxylation is 2. The third-order valence-corrected chi connectivity index (χ3v) is 5.42. The van der Waals surface area contributed by atoms with Crippen molar-refractivity contribution in [2.24, 2.45) is 0 Å². The van der Waals surface area contributed by atoms with Crippen molar-refractivity contribution in [2.75, 3.05) is 5.32 Å². The van der Waals surface area contributed by atoms with Gasteiger partial charge in [-0.15, -0.1) is 0 Å². The molecule has 4 aromatic carbocycles. The van der Waals surface area contributed by atoms with E-state index in [4.69, 9.17) is 0 Å². The average Bonchev–Trinajstić information content (AvgIpc) is 2.70. The Morgan fingerprint density at radius 1 is 0.536 bits per heavy atom. The highest BCUT2D eigenvalue weighted by Crippen LogP contribution is 2.31. The summed E-state index contributed by atoms with van der Waals surface area (Å²) in [5.41, 5.74) is 9.63. The van der Waals surface area contributed by atoms with Crippen molar-refractivity contribution >= 4 is 11.4 Å². The van der Waals surface area contributed by atoms with Gasteiger partial charge in [0.2, 0.25) is 0 Å². The van der Waals surface area contributed by atoms with Crippen molar-refractivity contribution in [3.05, 3.63) is 108 Å². The van der Waals surface area contributed by atoms with E-state index < -0.39 is 0 Å². The van der Waals surface area contributed by atoms with Gasteiger partial charge < -0.3 is 5.32 Å². The summed E-state index contributed by atoms with van der Waals surface area (Å²) in [5, 5.41) is 3.48. The van der Waals surface area contributed by atoms with E-state index in [-0.39, 0.29) is 5.82 Å². The first kappa shape index (κ1) is 16.8. The number of hydrogen-bond donors (Lipinski definition) is 1. The molecule has 0 spiro atoms. The fourth-order valence-electron chi connectivity index (χ4n) is 3.71. The fraction of sp³-hybridized carbons (Fsp3) is 0.0769. The number of hydrogen-bond acceptors (Lipinski definition) is 1. The molecule has 0 atom stereocenters. The van der Waals surface area contributed by atoms with Crippen LogP contribution in [0.15, 0.2) is 91.0 Å². The molecule has 1 aliphatic carbocycles. The second-order valence-corrected chi connectivity index (χ2v) is 7.27. The van der Waals surface area contributed by atoms with Crippen LogP contribution >= 0.6 is 0 Å². The Morgan fingerprint density at radius 3 is 1.86 bits per heavy atom. The Balaban J connectivity index is 1.36. The normalized spacial score (nSPS) is 12.2. The lowest BCUT2D eigenvalue weighted by Crippen LogP contribution is -2.07. The number of halogens is 1. The van der Waals surface area contributed by atoms with Crippen LogP contribution in [0.5, 0.6) is 0 Å². The standard InChI is InChI=1S/C26H20FN/c27-24-12-8-18(9-13-24)19-10-14-25(15-11-19)28-26-3-1-2-21(17-26)23-7-5-20-4-6-22(20)16-23/h1-3,5,7-17,28H,4,6H2. The Bertz CT molecular complexity index is 1130. The lowest BCUT2D eigenvalue weighted by molar-refractivity contribution is 0.628. The van der Waals surface area contributed by atoms with Crippen LogP contribution in [-0.2, 0) is 12.8 Å². The minimum atomic E-state index is -0.213. The largest absolute Gasteiger partial charge is 0.356 e. The van der Waals surface area contributed by atoms with Crippen LogP contribution in [0.4, 0.5) is 15.8 Å². The van der Waals surface area contributed by atoms with E-state index in [1.165, 1.54) is 47.2 Å². The number of benzene rings is 4. The minimum absolute atomic E-state index is 0.213. The topological polar surface area (TPSA) is 12.0 Å². The van der Waals surface area contributed by atoms with Crippen molar-refractivity contribution in [3.8, 4) is 22.3 Å². The number of fused-ring (bicyclic) bond motifs is 1. The summed E-state index contributed by atoms with van der Waals surface area (Å²) in [5.74, 6) is -0.213. The van der Waals surface area contributed by atoms with E-state index in [9.17, 15) is 4.39 Å². The molecule has 5 rings (SSSR count). The van der Waals surface area contributed by atoms with Crippen molar-refractivity contribution in [2.45, 2.75) is 12.8 Å². The molecule has 0 bridgehead atoms. The predicted octanol–water partition coefficient (Wildman–Crippen LogP) is 7.00. The molecule has 1 aliphatic rings. The summed E-state index contributed by atoms with van der Waals surface area (Å²) in [7, 11) is 0. The van der Waals surface area contributed by atoms with Gasteiger partial charge in [-0.05, 0) is 82.6 Å². The van der Waals surface area contributed by atoms with E-state index in [1.807, 2.05) is 0 Å². The van der Waals surface area contributed by atoms with E-state index in [2.05, 4.69) is 72.0 Å². The summed E-state index contributed by atoms with van der Waals surface area (Å²) in [6, 6.07) is 30.1. The molecule has 2 heteroatoms. The number of nitrogens with one attached hydrogen (secondary N) is 1. The Kier molecular flexibility index (Phi) is 4.17. The van der Waals surface area contributed by atoms with Crippen LogP contribution < -0.4 is 5.32 Å². The molecule has 0 amide bonds. The molecule has 0 fully saturated rings. The highest BCUT2D eigenvalue weighted by molar-refractivity contribution is 5.73. The zero-order valence-corrected chi connectivity index (χ0v) is 15.5. The number of rotatable bonds is 4. The van der Waals surface area contributed by atoms with Gasteiger partial charge in [0.25, 0.3) is 0 Å². The summed E-state index contributed by atoms with van der Waals surface area (Å²) < 4.78 is 13.1. The molecule has 0 radical (unpaired) electrons.